The summed E-state index contributed by atoms with van der Waals surface area (Å²) in [7, 11) is 0. The Kier molecular flexibility index (Phi) is 3.20. The second-order valence-electron chi connectivity index (χ2n) is 3.47. The van der Waals surface area contributed by atoms with Gasteiger partial charge in [-0.25, -0.2) is 4.68 Å². The molecule has 82 valence electrons. The first-order valence-corrected chi connectivity index (χ1v) is 5.99. The van der Waals surface area contributed by atoms with E-state index >= 15 is 0 Å². The van der Waals surface area contributed by atoms with Crippen LogP contribution in [0.15, 0.2) is 0 Å². The molecule has 15 heavy (non-hydrogen) atoms. The molecule has 0 amide bonds. The van der Waals surface area contributed by atoms with Gasteiger partial charge in [0, 0.05) is 5.75 Å². The van der Waals surface area contributed by atoms with Crippen molar-refractivity contribution in [2.24, 2.45) is 0 Å². The van der Waals surface area contributed by atoms with Crippen LogP contribution < -0.4 is 0 Å². The maximum Gasteiger partial charge on any atom is 0.304 e. The summed E-state index contributed by atoms with van der Waals surface area (Å²) >= 11 is 1.55. The highest BCUT2D eigenvalue weighted by atomic mass is 32.2. The molecule has 1 fully saturated rings. The quantitative estimate of drug-likeness (QED) is 0.722. The molecule has 1 saturated carbocycles. The van der Waals surface area contributed by atoms with Gasteiger partial charge < -0.3 is 5.11 Å². The molecule has 0 spiro atoms. The lowest BCUT2D eigenvalue weighted by atomic mass is 10.5. The molecular formula is C8H12N4O2S. The number of rotatable bonds is 6. The van der Waals surface area contributed by atoms with Crippen molar-refractivity contribution in [2.75, 3.05) is 5.75 Å². The van der Waals surface area contributed by atoms with Gasteiger partial charge >= 0.3 is 5.97 Å². The van der Waals surface area contributed by atoms with Gasteiger partial charge in [0.05, 0.1) is 18.2 Å². The minimum Gasteiger partial charge on any atom is -0.481 e. The van der Waals surface area contributed by atoms with E-state index in [-0.39, 0.29) is 6.42 Å². The lowest BCUT2D eigenvalue weighted by molar-refractivity contribution is -0.136. The molecule has 0 atom stereocenters. The first-order valence-electron chi connectivity index (χ1n) is 4.83. The second-order valence-corrected chi connectivity index (χ2v) is 4.57. The normalized spacial score (nSPS) is 15.5. The summed E-state index contributed by atoms with van der Waals surface area (Å²) in [5, 5.41) is 19.9. The van der Waals surface area contributed by atoms with Gasteiger partial charge in [0.1, 0.15) is 0 Å². The van der Waals surface area contributed by atoms with E-state index in [1.807, 2.05) is 4.68 Å². The third-order valence-corrected chi connectivity index (χ3v) is 3.10. The molecule has 1 N–H and O–H groups in total. The maximum atomic E-state index is 10.3. The zero-order valence-corrected chi connectivity index (χ0v) is 8.98. The SMILES string of the molecule is O=C(O)CCSCc1nnnn1C1CC1. The highest BCUT2D eigenvalue weighted by Crippen LogP contribution is 2.34. The van der Waals surface area contributed by atoms with Crippen molar-refractivity contribution in [1.29, 1.82) is 0 Å². The van der Waals surface area contributed by atoms with Crippen molar-refractivity contribution in [3.05, 3.63) is 5.82 Å². The Bertz CT molecular complexity index is 350. The van der Waals surface area contributed by atoms with Gasteiger partial charge in [-0.15, -0.1) is 5.10 Å². The fourth-order valence-electron chi connectivity index (χ4n) is 1.23. The Morgan fingerprint density at radius 1 is 1.60 bits per heavy atom. The molecule has 0 bridgehead atoms. The molecule has 0 unspecified atom stereocenters. The van der Waals surface area contributed by atoms with E-state index in [0.29, 0.717) is 17.5 Å². The van der Waals surface area contributed by atoms with Gasteiger partial charge in [-0.2, -0.15) is 11.8 Å². The lowest BCUT2D eigenvalue weighted by Gasteiger charge is -2.01. The van der Waals surface area contributed by atoms with E-state index < -0.39 is 5.97 Å². The third-order valence-electron chi connectivity index (χ3n) is 2.15. The highest BCUT2D eigenvalue weighted by molar-refractivity contribution is 7.98. The van der Waals surface area contributed by atoms with Crippen molar-refractivity contribution in [3.63, 3.8) is 0 Å². The van der Waals surface area contributed by atoms with Crippen molar-refractivity contribution in [1.82, 2.24) is 20.2 Å². The standard InChI is InChI=1S/C8H12N4O2S/c13-8(14)3-4-15-5-7-9-10-11-12(7)6-1-2-6/h6H,1-5H2,(H,13,14). The lowest BCUT2D eigenvalue weighted by Crippen LogP contribution is -2.03. The zero-order valence-electron chi connectivity index (χ0n) is 8.17. The molecule has 0 aromatic carbocycles. The van der Waals surface area contributed by atoms with Gasteiger partial charge in [0.25, 0.3) is 0 Å². The summed E-state index contributed by atoms with van der Waals surface area (Å²) in [6.07, 6.45) is 2.49. The van der Waals surface area contributed by atoms with Crippen molar-refractivity contribution in [3.8, 4) is 0 Å². The molecule has 1 aliphatic rings. The number of thioether (sulfide) groups is 1. The molecule has 0 aliphatic heterocycles. The Morgan fingerprint density at radius 2 is 2.40 bits per heavy atom. The summed E-state index contributed by atoms with van der Waals surface area (Å²) in [5.41, 5.74) is 0. The van der Waals surface area contributed by atoms with Crippen molar-refractivity contribution >= 4 is 17.7 Å². The summed E-state index contributed by atoms with van der Waals surface area (Å²) in [6, 6.07) is 0.482. The van der Waals surface area contributed by atoms with Gasteiger partial charge in [-0.05, 0) is 23.3 Å². The molecule has 1 heterocycles. The Balaban J connectivity index is 1.77. The van der Waals surface area contributed by atoms with Crippen molar-refractivity contribution in [2.45, 2.75) is 31.1 Å². The molecule has 0 radical (unpaired) electrons. The van der Waals surface area contributed by atoms with Crippen LogP contribution in [0.2, 0.25) is 0 Å². The molecule has 1 aromatic heterocycles. The van der Waals surface area contributed by atoms with Crippen LogP contribution in [0.1, 0.15) is 31.1 Å². The summed E-state index contributed by atoms with van der Waals surface area (Å²) in [5.74, 6) is 1.39. The minimum absolute atomic E-state index is 0.190. The van der Waals surface area contributed by atoms with E-state index in [1.54, 1.807) is 11.8 Å². The van der Waals surface area contributed by atoms with Crippen LogP contribution in [-0.4, -0.2) is 37.0 Å². The number of aliphatic carboxylic acids is 1. The number of hydrogen-bond donors (Lipinski definition) is 1. The third kappa shape index (κ3) is 2.92. The Hall–Kier alpha value is -1.11. The molecule has 1 aromatic rings. The molecule has 2 rings (SSSR count). The van der Waals surface area contributed by atoms with Crippen LogP contribution >= 0.6 is 11.8 Å². The predicted octanol–water partition coefficient (Wildman–Crippen LogP) is 0.716. The first-order chi connectivity index (χ1) is 7.27. The molecular weight excluding hydrogens is 216 g/mol. The number of carbonyl (C=O) groups is 1. The van der Waals surface area contributed by atoms with Crippen LogP contribution in [-0.2, 0) is 10.5 Å². The minimum atomic E-state index is -0.760. The Labute approximate surface area is 91.0 Å². The number of aromatic nitrogens is 4. The smallest absolute Gasteiger partial charge is 0.304 e. The molecule has 0 saturated heterocycles. The fraction of sp³-hybridized carbons (Fsp3) is 0.750. The number of hydrogen-bond acceptors (Lipinski definition) is 5. The van der Waals surface area contributed by atoms with E-state index in [1.165, 1.54) is 0 Å². The van der Waals surface area contributed by atoms with Crippen LogP contribution in [0.25, 0.3) is 0 Å². The molecule has 7 heteroatoms. The van der Waals surface area contributed by atoms with E-state index in [0.717, 1.165) is 18.7 Å². The van der Waals surface area contributed by atoms with Gasteiger partial charge in [0.2, 0.25) is 0 Å². The van der Waals surface area contributed by atoms with E-state index in [4.69, 9.17) is 5.11 Å². The second kappa shape index (κ2) is 4.61. The molecule has 6 nitrogen and oxygen atoms in total. The van der Waals surface area contributed by atoms with E-state index in [9.17, 15) is 4.79 Å². The summed E-state index contributed by atoms with van der Waals surface area (Å²) in [4.78, 5) is 10.3. The van der Waals surface area contributed by atoms with Crippen LogP contribution in [0.5, 0.6) is 0 Å². The Morgan fingerprint density at radius 3 is 3.07 bits per heavy atom. The fourth-order valence-corrected chi connectivity index (χ4v) is 2.07. The molecule has 1 aliphatic carbocycles. The highest BCUT2D eigenvalue weighted by Gasteiger charge is 2.27. The van der Waals surface area contributed by atoms with Crippen molar-refractivity contribution < 1.29 is 9.90 Å². The van der Waals surface area contributed by atoms with Crippen LogP contribution in [0.4, 0.5) is 0 Å². The monoisotopic (exact) mass is 228 g/mol. The number of nitrogens with zero attached hydrogens (tertiary/aromatic N) is 4. The van der Waals surface area contributed by atoms with E-state index in [2.05, 4.69) is 15.5 Å². The number of carboxylic acids is 1. The number of carboxylic acid groups (broad SMARTS) is 1. The van der Waals surface area contributed by atoms with Gasteiger partial charge in [0.15, 0.2) is 5.82 Å². The average Bonchev–Trinajstić information content (AvgIpc) is 2.93. The maximum absolute atomic E-state index is 10.3. The van der Waals surface area contributed by atoms with Crippen LogP contribution in [0.3, 0.4) is 0 Å². The average molecular weight is 228 g/mol. The predicted molar refractivity (Wildman–Crippen MR) is 54.5 cm³/mol. The summed E-state index contributed by atoms with van der Waals surface area (Å²) < 4.78 is 1.85. The first kappa shape index (κ1) is 10.4. The van der Waals surface area contributed by atoms with Crippen LogP contribution in [0, 0.1) is 0 Å². The van der Waals surface area contributed by atoms with Gasteiger partial charge in [-0.3, -0.25) is 4.79 Å². The van der Waals surface area contributed by atoms with Gasteiger partial charge in [-0.1, -0.05) is 0 Å². The topological polar surface area (TPSA) is 80.9 Å². The summed E-state index contributed by atoms with van der Waals surface area (Å²) in [6.45, 7) is 0. The largest absolute Gasteiger partial charge is 0.481 e. The zero-order chi connectivity index (χ0) is 10.7. The number of tetrazole rings is 1.